The maximum Gasteiger partial charge on any atom is 0.0951 e. The molecule has 0 aromatic carbocycles. The average Bonchev–Trinajstić information content (AvgIpc) is 2.73. The summed E-state index contributed by atoms with van der Waals surface area (Å²) in [5, 5.41) is 0. The van der Waals surface area contributed by atoms with Gasteiger partial charge in [-0.05, 0) is 19.3 Å². The van der Waals surface area contributed by atoms with Crippen molar-refractivity contribution in [3.8, 4) is 0 Å². The van der Waals surface area contributed by atoms with E-state index in [2.05, 4.69) is 9.55 Å². The van der Waals surface area contributed by atoms with Crippen LogP contribution in [0, 0.1) is 0 Å². The zero-order valence-corrected chi connectivity index (χ0v) is 9.86. The number of rotatable bonds is 1. The molecule has 1 saturated carbocycles. The molecule has 1 atom stereocenters. The Hall–Kier alpha value is -0.830. The second kappa shape index (κ2) is 4.21. The van der Waals surface area contributed by atoms with Gasteiger partial charge in [-0.25, -0.2) is 4.98 Å². The molecule has 1 unspecified atom stereocenters. The lowest BCUT2D eigenvalue weighted by molar-refractivity contribution is 0.424. The molecule has 1 aromatic rings. The van der Waals surface area contributed by atoms with Crippen molar-refractivity contribution in [2.75, 3.05) is 0 Å². The normalized spacial score (nSPS) is 26.7. The Morgan fingerprint density at radius 3 is 2.81 bits per heavy atom. The number of hydrogen-bond acceptors (Lipinski definition) is 2. The largest absolute Gasteiger partial charge is 0.334 e. The molecule has 3 heteroatoms. The minimum atomic E-state index is 0.353. The number of aromatic nitrogens is 2. The van der Waals surface area contributed by atoms with E-state index in [-0.39, 0.29) is 0 Å². The molecule has 3 rings (SSSR count). The van der Waals surface area contributed by atoms with Gasteiger partial charge >= 0.3 is 0 Å². The van der Waals surface area contributed by atoms with Crippen LogP contribution in [-0.2, 0) is 13.0 Å². The molecule has 0 saturated heterocycles. The summed E-state index contributed by atoms with van der Waals surface area (Å²) in [5.74, 6) is 0.718. The summed E-state index contributed by atoms with van der Waals surface area (Å²) in [7, 11) is 0. The first-order valence-corrected chi connectivity index (χ1v) is 6.64. The lowest BCUT2D eigenvalue weighted by Crippen LogP contribution is -2.31. The van der Waals surface area contributed by atoms with Crippen molar-refractivity contribution in [2.24, 2.45) is 5.73 Å². The van der Waals surface area contributed by atoms with Crippen LogP contribution in [0.2, 0.25) is 0 Å². The van der Waals surface area contributed by atoms with Crippen LogP contribution in [0.25, 0.3) is 0 Å². The highest BCUT2D eigenvalue weighted by Gasteiger charge is 2.25. The predicted octanol–water partition coefficient (Wildman–Crippen LogP) is 2.20. The molecule has 3 nitrogen and oxygen atoms in total. The Kier molecular flexibility index (Phi) is 2.72. The first-order chi connectivity index (χ1) is 7.84. The van der Waals surface area contributed by atoms with Gasteiger partial charge in [0.15, 0.2) is 0 Å². The van der Waals surface area contributed by atoms with Crippen LogP contribution in [0.4, 0.5) is 0 Å². The number of nitrogens with zero attached hydrogens (tertiary/aromatic N) is 2. The van der Waals surface area contributed by atoms with E-state index in [4.69, 9.17) is 5.73 Å². The van der Waals surface area contributed by atoms with Gasteiger partial charge in [-0.1, -0.05) is 19.3 Å². The molecule has 0 amide bonds. The third kappa shape index (κ3) is 1.77. The summed E-state index contributed by atoms with van der Waals surface area (Å²) in [5.41, 5.74) is 8.87. The third-order valence-electron chi connectivity index (χ3n) is 4.17. The van der Waals surface area contributed by atoms with Gasteiger partial charge in [-0.2, -0.15) is 0 Å². The molecule has 88 valence electrons. The van der Waals surface area contributed by atoms with Gasteiger partial charge in [0.2, 0.25) is 0 Å². The van der Waals surface area contributed by atoms with Crippen LogP contribution in [0.15, 0.2) is 6.33 Å². The van der Waals surface area contributed by atoms with Gasteiger partial charge in [0.25, 0.3) is 0 Å². The molecular weight excluding hydrogens is 198 g/mol. The van der Waals surface area contributed by atoms with Gasteiger partial charge < -0.3 is 10.3 Å². The average molecular weight is 219 g/mol. The zero-order chi connectivity index (χ0) is 11.0. The highest BCUT2D eigenvalue weighted by molar-refractivity contribution is 5.21. The maximum absolute atomic E-state index is 6.07. The Balaban J connectivity index is 1.86. The van der Waals surface area contributed by atoms with Gasteiger partial charge in [-0.3, -0.25) is 0 Å². The first-order valence-electron chi connectivity index (χ1n) is 6.64. The highest BCUT2D eigenvalue weighted by atomic mass is 15.1. The van der Waals surface area contributed by atoms with Crippen LogP contribution in [0.3, 0.4) is 0 Å². The Labute approximate surface area is 97.0 Å². The minimum Gasteiger partial charge on any atom is -0.334 e. The quantitative estimate of drug-likeness (QED) is 0.787. The second-order valence-electron chi connectivity index (χ2n) is 5.36. The zero-order valence-electron chi connectivity index (χ0n) is 9.86. The second-order valence-corrected chi connectivity index (χ2v) is 5.36. The van der Waals surface area contributed by atoms with E-state index >= 15 is 0 Å². The van der Waals surface area contributed by atoms with Crippen LogP contribution in [0.1, 0.15) is 55.8 Å². The SMILES string of the molecule is NC1CCn2cnc(C3CCCCC3)c2C1. The summed E-state index contributed by atoms with van der Waals surface area (Å²) in [6.45, 7) is 1.07. The fourth-order valence-electron chi connectivity index (χ4n) is 3.21. The maximum atomic E-state index is 6.07. The number of imidazole rings is 1. The van der Waals surface area contributed by atoms with Gasteiger partial charge in [0.1, 0.15) is 0 Å². The molecule has 0 bridgehead atoms. The third-order valence-corrected chi connectivity index (χ3v) is 4.17. The van der Waals surface area contributed by atoms with Crippen molar-refractivity contribution in [1.82, 2.24) is 9.55 Å². The van der Waals surface area contributed by atoms with Crippen LogP contribution < -0.4 is 5.73 Å². The van der Waals surface area contributed by atoms with E-state index in [1.165, 1.54) is 43.5 Å². The molecule has 0 radical (unpaired) electrons. The van der Waals surface area contributed by atoms with Crippen molar-refractivity contribution in [2.45, 2.75) is 63.5 Å². The molecular formula is C13H21N3. The van der Waals surface area contributed by atoms with E-state index in [0.717, 1.165) is 25.3 Å². The van der Waals surface area contributed by atoms with Crippen LogP contribution in [0.5, 0.6) is 0 Å². The minimum absolute atomic E-state index is 0.353. The van der Waals surface area contributed by atoms with Crippen molar-refractivity contribution in [3.05, 3.63) is 17.7 Å². The molecule has 0 spiro atoms. The smallest absolute Gasteiger partial charge is 0.0951 e. The van der Waals surface area contributed by atoms with Crippen molar-refractivity contribution in [3.63, 3.8) is 0 Å². The van der Waals surface area contributed by atoms with Crippen LogP contribution >= 0.6 is 0 Å². The summed E-state index contributed by atoms with van der Waals surface area (Å²) >= 11 is 0. The Bertz CT molecular complexity index is 363. The molecule has 1 fully saturated rings. The summed E-state index contributed by atoms with van der Waals surface area (Å²) < 4.78 is 2.33. The topological polar surface area (TPSA) is 43.8 Å². The Morgan fingerprint density at radius 1 is 1.19 bits per heavy atom. The molecule has 1 aliphatic carbocycles. The Morgan fingerprint density at radius 2 is 2.00 bits per heavy atom. The van der Waals surface area contributed by atoms with E-state index < -0.39 is 0 Å². The predicted molar refractivity (Wildman–Crippen MR) is 64.3 cm³/mol. The van der Waals surface area contributed by atoms with Crippen molar-refractivity contribution < 1.29 is 0 Å². The van der Waals surface area contributed by atoms with Crippen LogP contribution in [-0.4, -0.2) is 15.6 Å². The van der Waals surface area contributed by atoms with Crippen molar-refractivity contribution in [1.29, 1.82) is 0 Å². The number of hydrogen-bond donors (Lipinski definition) is 1. The molecule has 1 aliphatic heterocycles. The number of nitrogens with two attached hydrogens (primary N) is 1. The lowest BCUT2D eigenvalue weighted by Gasteiger charge is -2.25. The fourth-order valence-corrected chi connectivity index (χ4v) is 3.21. The van der Waals surface area contributed by atoms with Gasteiger partial charge in [0, 0.05) is 30.6 Å². The molecule has 2 N–H and O–H groups in total. The monoisotopic (exact) mass is 219 g/mol. The molecule has 2 heterocycles. The van der Waals surface area contributed by atoms with E-state index in [9.17, 15) is 0 Å². The number of aryl methyl sites for hydroxylation is 1. The first kappa shape index (κ1) is 10.3. The van der Waals surface area contributed by atoms with Gasteiger partial charge in [0.05, 0.1) is 12.0 Å². The fraction of sp³-hybridized carbons (Fsp3) is 0.769. The highest BCUT2D eigenvalue weighted by Crippen LogP contribution is 2.34. The van der Waals surface area contributed by atoms with E-state index in [1.54, 1.807) is 0 Å². The standard InChI is InChI=1S/C13H21N3/c14-11-6-7-16-9-15-13(12(16)8-11)10-4-2-1-3-5-10/h9-11H,1-8,14H2. The van der Waals surface area contributed by atoms with E-state index in [0.29, 0.717) is 6.04 Å². The van der Waals surface area contributed by atoms with E-state index in [1.807, 2.05) is 6.33 Å². The summed E-state index contributed by atoms with van der Waals surface area (Å²) in [6, 6.07) is 0.353. The molecule has 1 aromatic heterocycles. The summed E-state index contributed by atoms with van der Waals surface area (Å²) in [6.07, 6.45) is 11.0. The lowest BCUT2D eigenvalue weighted by atomic mass is 9.85. The van der Waals surface area contributed by atoms with Gasteiger partial charge in [-0.15, -0.1) is 0 Å². The van der Waals surface area contributed by atoms with Crippen molar-refractivity contribution >= 4 is 0 Å². The molecule has 2 aliphatic rings. The molecule has 16 heavy (non-hydrogen) atoms. The number of fused-ring (bicyclic) bond motifs is 1. The summed E-state index contributed by atoms with van der Waals surface area (Å²) in [4.78, 5) is 4.66.